The van der Waals surface area contributed by atoms with Crippen molar-refractivity contribution in [2.75, 3.05) is 7.11 Å². The van der Waals surface area contributed by atoms with Crippen LogP contribution in [0.25, 0.3) is 0 Å². The molecule has 0 saturated heterocycles. The van der Waals surface area contributed by atoms with Crippen LogP contribution in [0.15, 0.2) is 58.3 Å². The molecule has 2 aromatic carbocycles. The van der Waals surface area contributed by atoms with Crippen LogP contribution < -0.4 is 0 Å². The van der Waals surface area contributed by atoms with Crippen LogP contribution in [0.4, 0.5) is 0 Å². The first kappa shape index (κ1) is 15.6. The molecule has 0 saturated carbocycles. The SMILES string of the molecule is CCC(C)c1ccc(Sc2ccc(C(=O)OC)cc2)cc1. The highest BCUT2D eigenvalue weighted by molar-refractivity contribution is 7.99. The van der Waals surface area contributed by atoms with Crippen LogP contribution in [0, 0.1) is 0 Å². The van der Waals surface area contributed by atoms with E-state index in [4.69, 9.17) is 4.74 Å². The van der Waals surface area contributed by atoms with Crippen molar-refractivity contribution < 1.29 is 9.53 Å². The van der Waals surface area contributed by atoms with E-state index in [9.17, 15) is 4.79 Å². The summed E-state index contributed by atoms with van der Waals surface area (Å²) in [6.07, 6.45) is 1.15. The Labute approximate surface area is 130 Å². The van der Waals surface area contributed by atoms with Gasteiger partial charge in [0.1, 0.15) is 0 Å². The quantitative estimate of drug-likeness (QED) is 0.715. The lowest BCUT2D eigenvalue weighted by molar-refractivity contribution is 0.0600. The number of carbonyl (C=O) groups excluding carboxylic acids is 1. The molecular formula is C18H20O2S. The van der Waals surface area contributed by atoms with Crippen molar-refractivity contribution in [3.8, 4) is 0 Å². The van der Waals surface area contributed by atoms with Crippen LogP contribution in [0.5, 0.6) is 0 Å². The molecule has 110 valence electrons. The third-order valence-electron chi connectivity index (χ3n) is 3.57. The number of benzene rings is 2. The minimum absolute atomic E-state index is 0.301. The Kier molecular flexibility index (Phi) is 5.45. The molecule has 0 aromatic heterocycles. The monoisotopic (exact) mass is 300 g/mol. The average molecular weight is 300 g/mol. The van der Waals surface area contributed by atoms with E-state index < -0.39 is 0 Å². The predicted octanol–water partition coefficient (Wildman–Crippen LogP) is 5.14. The molecule has 0 bridgehead atoms. The number of esters is 1. The highest BCUT2D eigenvalue weighted by atomic mass is 32.2. The van der Waals surface area contributed by atoms with Gasteiger partial charge in [-0.15, -0.1) is 0 Å². The van der Waals surface area contributed by atoms with Gasteiger partial charge < -0.3 is 4.74 Å². The van der Waals surface area contributed by atoms with E-state index in [0.29, 0.717) is 11.5 Å². The van der Waals surface area contributed by atoms with Crippen molar-refractivity contribution in [2.45, 2.75) is 36.0 Å². The van der Waals surface area contributed by atoms with E-state index in [1.807, 2.05) is 12.1 Å². The minimum Gasteiger partial charge on any atom is -0.465 e. The van der Waals surface area contributed by atoms with Crippen LogP contribution in [0.2, 0.25) is 0 Å². The molecule has 0 N–H and O–H groups in total. The molecule has 0 heterocycles. The molecule has 0 fully saturated rings. The molecule has 1 unspecified atom stereocenters. The first-order valence-electron chi connectivity index (χ1n) is 7.10. The van der Waals surface area contributed by atoms with Crippen molar-refractivity contribution in [1.29, 1.82) is 0 Å². The largest absolute Gasteiger partial charge is 0.465 e. The number of hydrogen-bond donors (Lipinski definition) is 0. The zero-order valence-corrected chi connectivity index (χ0v) is 13.4. The van der Waals surface area contributed by atoms with E-state index >= 15 is 0 Å². The molecule has 0 radical (unpaired) electrons. The second-order valence-corrected chi connectivity index (χ2v) is 6.14. The highest BCUT2D eigenvalue weighted by Gasteiger charge is 2.06. The molecule has 3 heteroatoms. The zero-order chi connectivity index (χ0) is 15.2. The van der Waals surface area contributed by atoms with Gasteiger partial charge in [0, 0.05) is 9.79 Å². The van der Waals surface area contributed by atoms with Crippen LogP contribution in [0.3, 0.4) is 0 Å². The Bertz CT molecular complexity index is 588. The normalized spacial score (nSPS) is 12.0. The van der Waals surface area contributed by atoms with Crippen molar-refractivity contribution in [1.82, 2.24) is 0 Å². The molecule has 2 aromatic rings. The maximum Gasteiger partial charge on any atom is 0.337 e. The number of methoxy groups -OCH3 is 1. The van der Waals surface area contributed by atoms with Gasteiger partial charge in [0.05, 0.1) is 12.7 Å². The first-order chi connectivity index (χ1) is 10.1. The Hall–Kier alpha value is -1.74. The second kappa shape index (κ2) is 7.32. The van der Waals surface area contributed by atoms with Gasteiger partial charge >= 0.3 is 5.97 Å². The Morgan fingerprint density at radius 3 is 2.05 bits per heavy atom. The van der Waals surface area contributed by atoms with Gasteiger partial charge in [0.15, 0.2) is 0 Å². The molecule has 0 amide bonds. The number of rotatable bonds is 5. The lowest BCUT2D eigenvalue weighted by atomic mass is 9.99. The summed E-state index contributed by atoms with van der Waals surface area (Å²) in [5.74, 6) is 0.299. The Morgan fingerprint density at radius 1 is 1.05 bits per heavy atom. The second-order valence-electron chi connectivity index (χ2n) is 5.00. The van der Waals surface area contributed by atoms with Gasteiger partial charge in [-0.25, -0.2) is 4.79 Å². The maximum atomic E-state index is 11.4. The molecule has 0 aliphatic carbocycles. The van der Waals surface area contributed by atoms with Crippen LogP contribution in [0.1, 0.15) is 42.1 Å². The zero-order valence-electron chi connectivity index (χ0n) is 12.6. The molecule has 1 atom stereocenters. The Balaban J connectivity index is 2.06. The lowest BCUT2D eigenvalue weighted by Gasteiger charge is -2.09. The fourth-order valence-corrected chi connectivity index (χ4v) is 2.83. The van der Waals surface area contributed by atoms with E-state index in [-0.39, 0.29) is 5.97 Å². The molecule has 0 aliphatic heterocycles. The third kappa shape index (κ3) is 4.11. The third-order valence-corrected chi connectivity index (χ3v) is 4.59. The predicted molar refractivity (Wildman–Crippen MR) is 87.1 cm³/mol. The fraction of sp³-hybridized carbons (Fsp3) is 0.278. The summed E-state index contributed by atoms with van der Waals surface area (Å²) in [6, 6.07) is 16.2. The number of hydrogen-bond acceptors (Lipinski definition) is 3. The van der Waals surface area contributed by atoms with Crippen LogP contribution >= 0.6 is 11.8 Å². The van der Waals surface area contributed by atoms with Gasteiger partial charge in [0.25, 0.3) is 0 Å². The van der Waals surface area contributed by atoms with Crippen LogP contribution in [-0.2, 0) is 4.74 Å². The first-order valence-corrected chi connectivity index (χ1v) is 7.92. The fourth-order valence-electron chi connectivity index (χ4n) is 2.01. The summed E-state index contributed by atoms with van der Waals surface area (Å²) in [7, 11) is 1.39. The number of carbonyl (C=O) groups is 1. The molecular weight excluding hydrogens is 280 g/mol. The lowest BCUT2D eigenvalue weighted by Crippen LogP contribution is -2.00. The van der Waals surface area contributed by atoms with Crippen LogP contribution in [-0.4, -0.2) is 13.1 Å². The van der Waals surface area contributed by atoms with Crippen molar-refractivity contribution in [3.63, 3.8) is 0 Å². The van der Waals surface area contributed by atoms with Gasteiger partial charge in [-0.2, -0.15) is 0 Å². The molecule has 0 aliphatic rings. The van der Waals surface area contributed by atoms with Gasteiger partial charge in [0.2, 0.25) is 0 Å². The van der Waals surface area contributed by atoms with Crippen molar-refractivity contribution in [3.05, 3.63) is 59.7 Å². The number of ether oxygens (including phenoxy) is 1. The van der Waals surface area contributed by atoms with Gasteiger partial charge in [-0.05, 0) is 54.3 Å². The Morgan fingerprint density at radius 2 is 1.57 bits per heavy atom. The van der Waals surface area contributed by atoms with Crippen molar-refractivity contribution >= 4 is 17.7 Å². The van der Waals surface area contributed by atoms with E-state index in [1.54, 1.807) is 23.9 Å². The van der Waals surface area contributed by atoms with Crippen molar-refractivity contribution in [2.24, 2.45) is 0 Å². The summed E-state index contributed by atoms with van der Waals surface area (Å²) < 4.78 is 4.69. The molecule has 2 nitrogen and oxygen atoms in total. The minimum atomic E-state index is -0.301. The van der Waals surface area contributed by atoms with Gasteiger partial charge in [-0.3, -0.25) is 0 Å². The average Bonchev–Trinajstić information content (AvgIpc) is 2.55. The summed E-state index contributed by atoms with van der Waals surface area (Å²) in [5, 5.41) is 0. The standard InChI is InChI=1S/C18H20O2S/c1-4-13(2)14-5-9-16(10-6-14)21-17-11-7-15(8-12-17)18(19)20-3/h5-13H,4H2,1-3H3. The summed E-state index contributed by atoms with van der Waals surface area (Å²) >= 11 is 1.69. The van der Waals surface area contributed by atoms with E-state index in [1.165, 1.54) is 17.6 Å². The molecule has 2 rings (SSSR count). The summed E-state index contributed by atoms with van der Waals surface area (Å²) in [6.45, 7) is 4.45. The molecule has 21 heavy (non-hydrogen) atoms. The van der Waals surface area contributed by atoms with Gasteiger partial charge in [-0.1, -0.05) is 37.7 Å². The topological polar surface area (TPSA) is 26.3 Å². The van der Waals surface area contributed by atoms with E-state index in [2.05, 4.69) is 38.1 Å². The van der Waals surface area contributed by atoms with E-state index in [0.717, 1.165) is 11.3 Å². The maximum absolute atomic E-state index is 11.4. The molecule has 0 spiro atoms. The summed E-state index contributed by atoms with van der Waals surface area (Å²) in [5.41, 5.74) is 1.96. The summed E-state index contributed by atoms with van der Waals surface area (Å²) in [4.78, 5) is 13.7. The smallest absolute Gasteiger partial charge is 0.337 e. The highest BCUT2D eigenvalue weighted by Crippen LogP contribution is 2.29.